The maximum Gasteiger partial charge on any atom is 0.346 e. The number of benzene rings is 1. The van der Waals surface area contributed by atoms with E-state index in [4.69, 9.17) is 22.1 Å². The summed E-state index contributed by atoms with van der Waals surface area (Å²) in [5.41, 5.74) is 6.85. The Kier molecular flexibility index (Phi) is 6.12. The quantitative estimate of drug-likeness (QED) is 0.816. The van der Waals surface area contributed by atoms with Gasteiger partial charge < -0.3 is 15.2 Å². The molecule has 0 saturated heterocycles. The van der Waals surface area contributed by atoms with E-state index in [-0.39, 0.29) is 6.04 Å². The summed E-state index contributed by atoms with van der Waals surface area (Å²) < 4.78 is 10.2. The van der Waals surface area contributed by atoms with Gasteiger partial charge in [0.05, 0.1) is 12.1 Å². The lowest BCUT2D eigenvalue weighted by Gasteiger charge is -2.18. The van der Waals surface area contributed by atoms with Gasteiger partial charge in [-0.1, -0.05) is 30.7 Å². The maximum atomic E-state index is 11.4. The molecular formula is C14H20ClNO3. The van der Waals surface area contributed by atoms with E-state index < -0.39 is 12.1 Å². The van der Waals surface area contributed by atoms with E-state index in [9.17, 15) is 4.79 Å². The van der Waals surface area contributed by atoms with Gasteiger partial charge in [-0.2, -0.15) is 0 Å². The Morgan fingerprint density at radius 2 is 2.16 bits per heavy atom. The molecule has 2 N–H and O–H groups in total. The molecular weight excluding hydrogens is 266 g/mol. The molecule has 2 atom stereocenters. The lowest BCUT2D eigenvalue weighted by Crippen LogP contribution is -2.26. The molecule has 0 aliphatic carbocycles. The van der Waals surface area contributed by atoms with Gasteiger partial charge in [0.1, 0.15) is 5.75 Å². The summed E-state index contributed by atoms with van der Waals surface area (Å²) in [5.74, 6) is 0.0663. The molecule has 0 radical (unpaired) electrons. The summed E-state index contributed by atoms with van der Waals surface area (Å²) in [4.78, 5) is 11.4. The first kappa shape index (κ1) is 15.8. The zero-order chi connectivity index (χ0) is 14.4. The number of carbonyl (C=O) groups is 1. The van der Waals surface area contributed by atoms with Crippen molar-refractivity contribution in [1.82, 2.24) is 0 Å². The predicted octanol–water partition coefficient (Wildman–Crippen LogP) is 2.56. The minimum absolute atomic E-state index is 0.0363. The highest BCUT2D eigenvalue weighted by molar-refractivity contribution is 6.32. The number of halogens is 1. The Balaban J connectivity index is 2.94. The number of ether oxygens (including phenoxy) is 2. The second-order valence-corrected chi connectivity index (χ2v) is 4.79. The summed E-state index contributed by atoms with van der Waals surface area (Å²) in [6, 6.07) is 5.51. The number of para-hydroxylation sites is 1. The molecule has 0 bridgehead atoms. The van der Waals surface area contributed by atoms with Gasteiger partial charge in [-0.15, -0.1) is 0 Å². The molecule has 0 aromatic heterocycles. The molecule has 2 unspecified atom stereocenters. The number of nitrogens with two attached hydrogens (primary N) is 1. The van der Waals surface area contributed by atoms with E-state index in [1.807, 2.05) is 19.1 Å². The van der Waals surface area contributed by atoms with Crippen LogP contribution in [0.1, 0.15) is 25.8 Å². The SMILES string of the molecule is CCC(N)Cc1cccc(Cl)c1OC(C)C(=O)OC. The summed E-state index contributed by atoms with van der Waals surface area (Å²) in [7, 11) is 1.32. The number of methoxy groups -OCH3 is 1. The fraction of sp³-hybridized carbons (Fsp3) is 0.500. The van der Waals surface area contributed by atoms with Crippen molar-refractivity contribution in [2.75, 3.05) is 7.11 Å². The molecule has 4 nitrogen and oxygen atoms in total. The third-order valence-corrected chi connectivity index (χ3v) is 3.18. The van der Waals surface area contributed by atoms with Crippen LogP contribution in [0, 0.1) is 0 Å². The van der Waals surface area contributed by atoms with Crippen LogP contribution in [0.5, 0.6) is 5.75 Å². The molecule has 1 aromatic rings. The Hall–Kier alpha value is -1.26. The highest BCUT2D eigenvalue weighted by Crippen LogP contribution is 2.30. The smallest absolute Gasteiger partial charge is 0.346 e. The van der Waals surface area contributed by atoms with Gasteiger partial charge in [0.2, 0.25) is 0 Å². The molecule has 5 heteroatoms. The number of hydrogen-bond donors (Lipinski definition) is 1. The summed E-state index contributed by atoms with van der Waals surface area (Å²) in [5, 5.41) is 0.469. The second kappa shape index (κ2) is 7.36. The van der Waals surface area contributed by atoms with Crippen LogP contribution in [0.4, 0.5) is 0 Å². The Bertz CT molecular complexity index is 437. The van der Waals surface area contributed by atoms with Crippen LogP contribution >= 0.6 is 11.6 Å². The maximum absolute atomic E-state index is 11.4. The van der Waals surface area contributed by atoms with Crippen molar-refractivity contribution in [1.29, 1.82) is 0 Å². The van der Waals surface area contributed by atoms with Crippen LogP contribution in [0.3, 0.4) is 0 Å². The van der Waals surface area contributed by atoms with E-state index in [0.717, 1.165) is 12.0 Å². The molecule has 0 fully saturated rings. The molecule has 19 heavy (non-hydrogen) atoms. The van der Waals surface area contributed by atoms with Gasteiger partial charge in [-0.3, -0.25) is 0 Å². The van der Waals surface area contributed by atoms with Crippen molar-refractivity contribution >= 4 is 17.6 Å². The van der Waals surface area contributed by atoms with Crippen LogP contribution in [0.25, 0.3) is 0 Å². The van der Waals surface area contributed by atoms with E-state index in [1.54, 1.807) is 13.0 Å². The molecule has 0 amide bonds. The fourth-order valence-electron chi connectivity index (χ4n) is 1.66. The van der Waals surface area contributed by atoms with Crippen molar-refractivity contribution in [3.63, 3.8) is 0 Å². The fourth-order valence-corrected chi connectivity index (χ4v) is 1.90. The van der Waals surface area contributed by atoms with Gasteiger partial charge in [-0.25, -0.2) is 4.79 Å². The van der Waals surface area contributed by atoms with Crippen molar-refractivity contribution in [2.45, 2.75) is 38.8 Å². The third kappa shape index (κ3) is 4.40. The predicted molar refractivity (Wildman–Crippen MR) is 75.5 cm³/mol. The van der Waals surface area contributed by atoms with Crippen LogP contribution in [-0.2, 0) is 16.0 Å². The van der Waals surface area contributed by atoms with Crippen molar-refractivity contribution in [3.05, 3.63) is 28.8 Å². The van der Waals surface area contributed by atoms with Crippen molar-refractivity contribution in [2.24, 2.45) is 5.73 Å². The molecule has 106 valence electrons. The van der Waals surface area contributed by atoms with Crippen LogP contribution in [0.15, 0.2) is 18.2 Å². The van der Waals surface area contributed by atoms with Crippen LogP contribution < -0.4 is 10.5 Å². The summed E-state index contributed by atoms with van der Waals surface area (Å²) in [6.07, 6.45) is 0.806. The molecule has 0 aliphatic heterocycles. The van der Waals surface area contributed by atoms with E-state index in [1.165, 1.54) is 7.11 Å². The van der Waals surface area contributed by atoms with Crippen LogP contribution in [-0.4, -0.2) is 25.2 Å². The highest BCUT2D eigenvalue weighted by Gasteiger charge is 2.19. The first-order valence-corrected chi connectivity index (χ1v) is 6.64. The largest absolute Gasteiger partial charge is 0.477 e. The van der Waals surface area contributed by atoms with Gasteiger partial charge in [0.25, 0.3) is 0 Å². The zero-order valence-electron chi connectivity index (χ0n) is 11.5. The molecule has 0 aliphatic rings. The van der Waals surface area contributed by atoms with Crippen molar-refractivity contribution < 1.29 is 14.3 Å². The van der Waals surface area contributed by atoms with E-state index in [0.29, 0.717) is 17.2 Å². The first-order chi connectivity index (χ1) is 8.99. The highest BCUT2D eigenvalue weighted by atomic mass is 35.5. The number of carbonyl (C=O) groups excluding carboxylic acids is 1. The Morgan fingerprint density at radius 3 is 2.74 bits per heavy atom. The summed E-state index contributed by atoms with van der Waals surface area (Å²) >= 11 is 6.13. The second-order valence-electron chi connectivity index (χ2n) is 4.38. The van der Waals surface area contributed by atoms with Gasteiger partial charge in [0.15, 0.2) is 6.10 Å². The lowest BCUT2D eigenvalue weighted by atomic mass is 10.0. The normalized spacial score (nSPS) is 13.7. The number of hydrogen-bond acceptors (Lipinski definition) is 4. The standard InChI is InChI=1S/C14H20ClNO3/c1-4-11(16)8-10-6-5-7-12(15)13(10)19-9(2)14(17)18-3/h5-7,9,11H,4,8,16H2,1-3H3. The van der Waals surface area contributed by atoms with Gasteiger partial charge in [0, 0.05) is 6.04 Å². The molecule has 0 saturated carbocycles. The number of esters is 1. The van der Waals surface area contributed by atoms with Gasteiger partial charge >= 0.3 is 5.97 Å². The first-order valence-electron chi connectivity index (χ1n) is 6.27. The zero-order valence-corrected chi connectivity index (χ0v) is 12.2. The van der Waals surface area contributed by atoms with Crippen molar-refractivity contribution in [3.8, 4) is 5.75 Å². The molecule has 0 spiro atoms. The molecule has 0 heterocycles. The topological polar surface area (TPSA) is 61.5 Å². The minimum Gasteiger partial charge on any atom is -0.477 e. The van der Waals surface area contributed by atoms with E-state index >= 15 is 0 Å². The Labute approximate surface area is 118 Å². The summed E-state index contributed by atoms with van der Waals surface area (Å²) in [6.45, 7) is 3.64. The molecule has 1 rings (SSSR count). The third-order valence-electron chi connectivity index (χ3n) is 2.88. The van der Waals surface area contributed by atoms with E-state index in [2.05, 4.69) is 4.74 Å². The Morgan fingerprint density at radius 1 is 1.47 bits per heavy atom. The van der Waals surface area contributed by atoms with Gasteiger partial charge in [-0.05, 0) is 31.4 Å². The van der Waals surface area contributed by atoms with Crippen LogP contribution in [0.2, 0.25) is 5.02 Å². The molecule has 1 aromatic carbocycles. The average Bonchev–Trinajstić information content (AvgIpc) is 2.41. The lowest BCUT2D eigenvalue weighted by molar-refractivity contribution is -0.147. The monoisotopic (exact) mass is 285 g/mol. The number of rotatable bonds is 6. The minimum atomic E-state index is -0.707. The average molecular weight is 286 g/mol.